The first kappa shape index (κ1) is 19.2. The number of hydrogen-bond donors (Lipinski definition) is 0. The third kappa shape index (κ3) is 3.21. The lowest BCUT2D eigenvalue weighted by molar-refractivity contribution is -0.385. The number of nitro groups is 1. The Kier molecular flexibility index (Phi) is 4.45. The smallest absolute Gasteiger partial charge is 0.282 e. The minimum atomic E-state index is -0.542. The molecule has 0 bridgehead atoms. The van der Waals surface area contributed by atoms with Crippen molar-refractivity contribution in [2.45, 2.75) is 12.1 Å². The highest BCUT2D eigenvalue weighted by Gasteiger charge is 2.50. The molecular formula is C25H20N2O4. The summed E-state index contributed by atoms with van der Waals surface area (Å²) in [7, 11) is 0. The summed E-state index contributed by atoms with van der Waals surface area (Å²) in [4.78, 5) is 26.1. The van der Waals surface area contributed by atoms with Crippen LogP contribution in [0.4, 0.5) is 5.69 Å². The van der Waals surface area contributed by atoms with E-state index in [-0.39, 0.29) is 17.2 Å². The first-order valence-electron chi connectivity index (χ1n) is 10.0. The molecule has 2 aliphatic heterocycles. The predicted octanol–water partition coefficient (Wildman–Crippen LogP) is 4.79. The molecule has 0 aliphatic carbocycles. The van der Waals surface area contributed by atoms with Crippen LogP contribution in [-0.2, 0) is 16.9 Å². The highest BCUT2D eigenvalue weighted by atomic mass is 16.6. The number of nitrogens with zero attached hydrogens (tertiary/aromatic N) is 2. The van der Waals surface area contributed by atoms with Crippen molar-refractivity contribution < 1.29 is 14.5 Å². The molecule has 31 heavy (non-hydrogen) atoms. The Labute approximate surface area is 179 Å². The number of epoxide rings is 1. The number of benzene rings is 3. The molecule has 0 saturated carbocycles. The third-order valence-electron chi connectivity index (χ3n) is 6.03. The van der Waals surface area contributed by atoms with E-state index in [4.69, 9.17) is 4.74 Å². The van der Waals surface area contributed by atoms with E-state index in [1.807, 2.05) is 54.6 Å². The number of amides is 1. The van der Waals surface area contributed by atoms with Gasteiger partial charge in [0.1, 0.15) is 11.2 Å². The van der Waals surface area contributed by atoms with Crippen molar-refractivity contribution in [1.29, 1.82) is 0 Å². The molecular weight excluding hydrogens is 392 g/mol. The number of rotatable bonds is 6. The van der Waals surface area contributed by atoms with Crippen molar-refractivity contribution >= 4 is 17.7 Å². The van der Waals surface area contributed by atoms with Crippen LogP contribution in [0, 0.1) is 10.1 Å². The van der Waals surface area contributed by atoms with Gasteiger partial charge in [0.05, 0.1) is 18.1 Å². The summed E-state index contributed by atoms with van der Waals surface area (Å²) < 4.78 is 5.77. The van der Waals surface area contributed by atoms with Crippen molar-refractivity contribution in [3.05, 3.63) is 106 Å². The maximum atomic E-state index is 13.3. The monoisotopic (exact) mass is 412 g/mol. The number of fused-ring (bicyclic) bond motifs is 1. The Hall–Kier alpha value is -3.77. The summed E-state index contributed by atoms with van der Waals surface area (Å²) in [5.41, 5.74) is 3.90. The van der Waals surface area contributed by atoms with Crippen LogP contribution in [0.15, 0.2) is 73.3 Å². The molecule has 6 nitrogen and oxygen atoms in total. The topological polar surface area (TPSA) is 76.0 Å². The van der Waals surface area contributed by atoms with Crippen LogP contribution in [0.1, 0.15) is 27.0 Å². The van der Waals surface area contributed by atoms with Crippen molar-refractivity contribution in [2.24, 2.45) is 0 Å². The predicted molar refractivity (Wildman–Crippen MR) is 117 cm³/mol. The Morgan fingerprint density at radius 3 is 2.42 bits per heavy atom. The Morgan fingerprint density at radius 2 is 1.81 bits per heavy atom. The first-order valence-corrected chi connectivity index (χ1v) is 10.0. The maximum absolute atomic E-state index is 13.3. The zero-order valence-electron chi connectivity index (χ0n) is 16.8. The maximum Gasteiger partial charge on any atom is 0.282 e. The molecule has 3 aromatic carbocycles. The molecule has 0 spiro atoms. The minimum absolute atomic E-state index is 0.153. The van der Waals surface area contributed by atoms with E-state index < -0.39 is 10.5 Å². The van der Waals surface area contributed by atoms with Gasteiger partial charge in [0, 0.05) is 12.6 Å². The standard InChI is InChI=1S/C25H20N2O4/c1-2-17-8-10-18(11-9-17)20-12-13-22(27(29)30)23-21(20)14-26(24(23)28)15-25(16-31-25)19-6-4-3-5-7-19/h2-13H,1,14-16H2. The van der Waals surface area contributed by atoms with Gasteiger partial charge in [0.15, 0.2) is 0 Å². The summed E-state index contributed by atoms with van der Waals surface area (Å²) in [6.45, 7) is 4.96. The van der Waals surface area contributed by atoms with Crippen LogP contribution in [0.5, 0.6) is 0 Å². The molecule has 0 aromatic heterocycles. The molecule has 0 radical (unpaired) electrons. The van der Waals surface area contributed by atoms with Gasteiger partial charge in [0.25, 0.3) is 11.6 Å². The van der Waals surface area contributed by atoms with E-state index in [2.05, 4.69) is 6.58 Å². The Morgan fingerprint density at radius 1 is 1.10 bits per heavy atom. The zero-order valence-corrected chi connectivity index (χ0v) is 16.8. The molecule has 1 amide bonds. The normalized spacial score (nSPS) is 19.2. The number of ether oxygens (including phenoxy) is 1. The van der Waals surface area contributed by atoms with E-state index in [9.17, 15) is 14.9 Å². The SMILES string of the molecule is C=Cc1ccc(-c2ccc([N+](=O)[O-])c3c2CN(CC2(c4ccccc4)CO2)C3=O)cc1. The highest BCUT2D eigenvalue weighted by molar-refractivity contribution is 6.04. The summed E-state index contributed by atoms with van der Waals surface area (Å²) in [6.07, 6.45) is 1.76. The summed E-state index contributed by atoms with van der Waals surface area (Å²) >= 11 is 0. The average molecular weight is 412 g/mol. The van der Waals surface area contributed by atoms with E-state index in [0.717, 1.165) is 22.3 Å². The van der Waals surface area contributed by atoms with Gasteiger partial charge in [-0.25, -0.2) is 0 Å². The van der Waals surface area contributed by atoms with Crippen molar-refractivity contribution in [1.82, 2.24) is 4.90 Å². The second-order valence-electron chi connectivity index (χ2n) is 7.88. The van der Waals surface area contributed by atoms with Crippen LogP contribution in [0.2, 0.25) is 0 Å². The molecule has 1 unspecified atom stereocenters. The summed E-state index contributed by atoms with van der Waals surface area (Å²) in [6, 6.07) is 20.7. The van der Waals surface area contributed by atoms with Crippen molar-refractivity contribution in [3.63, 3.8) is 0 Å². The van der Waals surface area contributed by atoms with Crippen LogP contribution >= 0.6 is 0 Å². The second kappa shape index (κ2) is 7.18. The molecule has 1 saturated heterocycles. The Balaban J connectivity index is 1.54. The molecule has 6 heteroatoms. The lowest BCUT2D eigenvalue weighted by Gasteiger charge is -2.21. The second-order valence-corrected chi connectivity index (χ2v) is 7.88. The third-order valence-corrected chi connectivity index (χ3v) is 6.03. The largest absolute Gasteiger partial charge is 0.363 e. The van der Waals surface area contributed by atoms with E-state index in [1.54, 1.807) is 17.0 Å². The number of nitro benzene ring substituents is 1. The van der Waals surface area contributed by atoms with Gasteiger partial charge in [-0.1, -0.05) is 67.3 Å². The van der Waals surface area contributed by atoms with Gasteiger partial charge in [-0.05, 0) is 33.9 Å². The van der Waals surface area contributed by atoms with Gasteiger partial charge in [-0.2, -0.15) is 0 Å². The lowest BCUT2D eigenvalue weighted by atomic mass is 9.95. The molecule has 154 valence electrons. The molecule has 1 fully saturated rings. The number of hydrogen-bond acceptors (Lipinski definition) is 4. The molecule has 2 aliphatic rings. The molecule has 2 heterocycles. The summed E-state index contributed by atoms with van der Waals surface area (Å²) in [5.74, 6) is -0.322. The first-order chi connectivity index (χ1) is 15.0. The van der Waals surface area contributed by atoms with Crippen molar-refractivity contribution in [3.8, 4) is 11.1 Å². The molecule has 3 aromatic rings. The Bertz CT molecular complexity index is 1200. The fourth-order valence-electron chi connectivity index (χ4n) is 4.29. The van der Waals surface area contributed by atoms with Crippen LogP contribution in [0.25, 0.3) is 17.2 Å². The van der Waals surface area contributed by atoms with Gasteiger partial charge in [0.2, 0.25) is 0 Å². The van der Waals surface area contributed by atoms with Crippen molar-refractivity contribution in [2.75, 3.05) is 13.2 Å². The lowest BCUT2D eigenvalue weighted by Crippen LogP contribution is -2.33. The average Bonchev–Trinajstić information content (AvgIpc) is 3.52. The molecule has 0 N–H and O–H groups in total. The van der Waals surface area contributed by atoms with Crippen LogP contribution in [0.3, 0.4) is 0 Å². The zero-order chi connectivity index (χ0) is 21.6. The molecule has 5 rings (SSSR count). The minimum Gasteiger partial charge on any atom is -0.363 e. The fourth-order valence-corrected chi connectivity index (χ4v) is 4.29. The summed E-state index contributed by atoms with van der Waals surface area (Å²) in [5, 5.41) is 11.7. The van der Waals surface area contributed by atoms with Crippen LogP contribution < -0.4 is 0 Å². The quantitative estimate of drug-likeness (QED) is 0.331. The van der Waals surface area contributed by atoms with E-state index >= 15 is 0 Å². The number of carbonyl (C=O) groups excluding carboxylic acids is 1. The van der Waals surface area contributed by atoms with E-state index in [0.29, 0.717) is 25.3 Å². The van der Waals surface area contributed by atoms with Crippen LogP contribution in [-0.4, -0.2) is 28.9 Å². The molecule has 1 atom stereocenters. The van der Waals surface area contributed by atoms with E-state index in [1.165, 1.54) is 6.07 Å². The fraction of sp³-hybridized carbons (Fsp3) is 0.160. The van der Waals surface area contributed by atoms with Gasteiger partial charge < -0.3 is 9.64 Å². The number of carbonyl (C=O) groups is 1. The van der Waals surface area contributed by atoms with Gasteiger partial charge in [-0.15, -0.1) is 0 Å². The highest BCUT2D eigenvalue weighted by Crippen LogP contribution is 2.43. The van der Waals surface area contributed by atoms with Gasteiger partial charge >= 0.3 is 0 Å². The van der Waals surface area contributed by atoms with Gasteiger partial charge in [-0.3, -0.25) is 14.9 Å².